The quantitative estimate of drug-likeness (QED) is 0.636. The number of ether oxygens (including phenoxy) is 2. The van der Waals surface area contributed by atoms with Gasteiger partial charge < -0.3 is 20.1 Å². The first kappa shape index (κ1) is 24.9. The number of nitrogens with two attached hydrogens (primary N) is 1. The molecule has 0 amide bonds. The number of nitriles is 1. The fourth-order valence-electron chi connectivity index (χ4n) is 5.02. The van der Waals surface area contributed by atoms with E-state index < -0.39 is 17.9 Å². The average molecular weight is 487 g/mol. The molecule has 1 fully saturated rings. The minimum Gasteiger partial charge on any atom is -0.466 e. The number of rotatable bonds is 5. The SMILES string of the molecule is COC(=O)C1=C(C(=O)OC)N(c2ccc(N3CCCC(C)C3)cc2)C(N)=C(C#N)C1c1ccccc1. The Hall–Kier alpha value is -4.25. The molecule has 2 aliphatic heterocycles. The van der Waals surface area contributed by atoms with Crippen LogP contribution < -0.4 is 15.5 Å². The van der Waals surface area contributed by atoms with Crippen LogP contribution in [0.5, 0.6) is 0 Å². The summed E-state index contributed by atoms with van der Waals surface area (Å²) in [7, 11) is 2.47. The summed E-state index contributed by atoms with van der Waals surface area (Å²) in [6.45, 7) is 4.20. The molecule has 0 aromatic heterocycles. The van der Waals surface area contributed by atoms with E-state index >= 15 is 0 Å². The number of hydrogen-bond donors (Lipinski definition) is 1. The van der Waals surface area contributed by atoms with Crippen LogP contribution in [0.15, 0.2) is 77.3 Å². The van der Waals surface area contributed by atoms with E-state index in [2.05, 4.69) is 17.9 Å². The predicted molar refractivity (Wildman–Crippen MR) is 137 cm³/mol. The number of carbonyl (C=O) groups is 2. The second-order valence-corrected chi connectivity index (χ2v) is 9.05. The molecule has 2 heterocycles. The van der Waals surface area contributed by atoms with Gasteiger partial charge in [0.05, 0.1) is 37.4 Å². The second kappa shape index (κ2) is 10.6. The summed E-state index contributed by atoms with van der Waals surface area (Å²) in [5, 5.41) is 10.1. The molecular formula is C28H30N4O4. The lowest BCUT2D eigenvalue weighted by molar-refractivity contribution is -0.139. The third kappa shape index (κ3) is 4.52. The molecule has 2 aromatic carbocycles. The lowest BCUT2D eigenvalue weighted by Gasteiger charge is -2.36. The topological polar surface area (TPSA) is 109 Å². The predicted octanol–water partition coefficient (Wildman–Crippen LogP) is 3.82. The Morgan fingerprint density at radius 3 is 2.22 bits per heavy atom. The number of nitrogens with zero attached hydrogens (tertiary/aromatic N) is 3. The fraction of sp³-hybridized carbons (Fsp3) is 0.321. The summed E-state index contributed by atoms with van der Waals surface area (Å²) < 4.78 is 10.2. The van der Waals surface area contributed by atoms with E-state index in [1.54, 1.807) is 24.3 Å². The van der Waals surface area contributed by atoms with E-state index in [1.165, 1.54) is 25.5 Å². The molecule has 4 rings (SSSR count). The van der Waals surface area contributed by atoms with Crippen LogP contribution in [0.2, 0.25) is 0 Å². The van der Waals surface area contributed by atoms with E-state index in [9.17, 15) is 14.9 Å². The monoisotopic (exact) mass is 486 g/mol. The maximum absolute atomic E-state index is 13.2. The van der Waals surface area contributed by atoms with Crippen molar-refractivity contribution >= 4 is 23.3 Å². The number of esters is 2. The van der Waals surface area contributed by atoms with E-state index in [4.69, 9.17) is 15.2 Å². The van der Waals surface area contributed by atoms with Crippen LogP contribution in [0.1, 0.15) is 31.2 Å². The van der Waals surface area contributed by atoms with Crippen molar-refractivity contribution in [2.75, 3.05) is 37.1 Å². The Kier molecular flexibility index (Phi) is 7.30. The fourth-order valence-corrected chi connectivity index (χ4v) is 5.02. The Morgan fingerprint density at radius 2 is 1.64 bits per heavy atom. The molecule has 2 N–H and O–H groups in total. The number of benzene rings is 2. The average Bonchev–Trinajstić information content (AvgIpc) is 2.92. The maximum atomic E-state index is 13.2. The number of methoxy groups -OCH3 is 2. The van der Waals surface area contributed by atoms with Gasteiger partial charge in [-0.15, -0.1) is 0 Å². The molecule has 0 bridgehead atoms. The standard InChI is InChI=1S/C28H30N4O4/c1-18-8-7-15-31(17-18)20-11-13-21(14-12-20)32-25(28(34)36-3)24(27(33)35-2)23(22(16-29)26(32)30)19-9-5-4-6-10-19/h4-6,9-14,18,23H,7-8,15,17,30H2,1-3H3. The Morgan fingerprint density at radius 1 is 1.00 bits per heavy atom. The molecule has 2 atom stereocenters. The number of allylic oxidation sites excluding steroid dienone is 1. The molecule has 2 unspecified atom stereocenters. The Labute approximate surface area is 211 Å². The molecule has 1 saturated heterocycles. The smallest absolute Gasteiger partial charge is 0.355 e. The van der Waals surface area contributed by atoms with Gasteiger partial charge in [0.1, 0.15) is 11.5 Å². The van der Waals surface area contributed by atoms with Gasteiger partial charge in [-0.3, -0.25) is 4.90 Å². The number of carbonyl (C=O) groups excluding carboxylic acids is 2. The summed E-state index contributed by atoms with van der Waals surface area (Å²) in [6, 6.07) is 18.7. The molecule has 2 aliphatic rings. The van der Waals surface area contributed by atoms with Crippen LogP contribution in [-0.4, -0.2) is 39.2 Å². The molecule has 8 nitrogen and oxygen atoms in total. The number of hydrogen-bond acceptors (Lipinski definition) is 8. The first-order valence-electron chi connectivity index (χ1n) is 11.9. The summed E-state index contributed by atoms with van der Waals surface area (Å²) in [6.07, 6.45) is 2.35. The lowest BCUT2D eigenvalue weighted by atomic mass is 9.81. The van der Waals surface area contributed by atoms with Crippen molar-refractivity contribution in [3.8, 4) is 6.07 Å². The van der Waals surface area contributed by atoms with Gasteiger partial charge in [-0.05, 0) is 48.6 Å². The summed E-state index contributed by atoms with van der Waals surface area (Å²) in [5.74, 6) is -1.72. The maximum Gasteiger partial charge on any atom is 0.355 e. The molecule has 0 aliphatic carbocycles. The molecule has 0 radical (unpaired) electrons. The largest absolute Gasteiger partial charge is 0.466 e. The molecule has 0 spiro atoms. The second-order valence-electron chi connectivity index (χ2n) is 9.05. The van der Waals surface area contributed by atoms with Crippen molar-refractivity contribution in [3.05, 3.63) is 82.8 Å². The summed E-state index contributed by atoms with van der Waals surface area (Å²) in [4.78, 5) is 30.0. The van der Waals surface area contributed by atoms with Crippen molar-refractivity contribution in [2.24, 2.45) is 11.7 Å². The van der Waals surface area contributed by atoms with Gasteiger partial charge in [0.25, 0.3) is 0 Å². The van der Waals surface area contributed by atoms with Crippen LogP contribution >= 0.6 is 0 Å². The number of piperidine rings is 1. The summed E-state index contributed by atoms with van der Waals surface area (Å²) >= 11 is 0. The molecule has 8 heteroatoms. The van der Waals surface area contributed by atoms with Gasteiger partial charge in [-0.25, -0.2) is 9.59 Å². The Balaban J connectivity index is 1.88. The molecular weight excluding hydrogens is 456 g/mol. The lowest BCUT2D eigenvalue weighted by Crippen LogP contribution is -2.40. The minimum atomic E-state index is -0.886. The van der Waals surface area contributed by atoms with Crippen LogP contribution in [0.3, 0.4) is 0 Å². The third-order valence-electron chi connectivity index (χ3n) is 6.74. The highest BCUT2D eigenvalue weighted by atomic mass is 16.5. The van der Waals surface area contributed by atoms with E-state index in [1.807, 2.05) is 30.3 Å². The van der Waals surface area contributed by atoms with Gasteiger partial charge >= 0.3 is 11.9 Å². The normalized spacial score (nSPS) is 20.2. The molecule has 0 saturated carbocycles. The van der Waals surface area contributed by atoms with Crippen molar-refractivity contribution in [1.29, 1.82) is 5.26 Å². The zero-order valence-electron chi connectivity index (χ0n) is 20.7. The Bertz CT molecular complexity index is 1240. The van der Waals surface area contributed by atoms with Crippen molar-refractivity contribution in [3.63, 3.8) is 0 Å². The highest BCUT2D eigenvalue weighted by molar-refractivity contribution is 6.06. The molecule has 36 heavy (non-hydrogen) atoms. The van der Waals surface area contributed by atoms with Crippen molar-refractivity contribution in [1.82, 2.24) is 0 Å². The van der Waals surface area contributed by atoms with Crippen LogP contribution in [-0.2, 0) is 19.1 Å². The van der Waals surface area contributed by atoms with Crippen LogP contribution in [0.4, 0.5) is 11.4 Å². The van der Waals surface area contributed by atoms with Crippen LogP contribution in [0, 0.1) is 17.2 Å². The molecule has 186 valence electrons. The highest BCUT2D eigenvalue weighted by Gasteiger charge is 2.43. The zero-order valence-corrected chi connectivity index (χ0v) is 20.7. The van der Waals surface area contributed by atoms with E-state index in [0.717, 1.165) is 25.2 Å². The minimum absolute atomic E-state index is 0.00441. The van der Waals surface area contributed by atoms with Gasteiger partial charge in [0.15, 0.2) is 0 Å². The van der Waals surface area contributed by atoms with E-state index in [-0.39, 0.29) is 22.7 Å². The van der Waals surface area contributed by atoms with Crippen molar-refractivity contribution < 1.29 is 19.1 Å². The first-order valence-corrected chi connectivity index (χ1v) is 11.9. The van der Waals surface area contributed by atoms with Gasteiger partial charge in [0.2, 0.25) is 0 Å². The summed E-state index contributed by atoms with van der Waals surface area (Å²) in [5.41, 5.74) is 8.84. The zero-order chi connectivity index (χ0) is 25.8. The highest BCUT2D eigenvalue weighted by Crippen LogP contribution is 2.43. The first-order chi connectivity index (χ1) is 17.4. The third-order valence-corrected chi connectivity index (χ3v) is 6.74. The number of anilines is 2. The van der Waals surface area contributed by atoms with E-state index in [0.29, 0.717) is 17.2 Å². The van der Waals surface area contributed by atoms with Gasteiger partial charge in [-0.2, -0.15) is 5.26 Å². The molecule has 2 aromatic rings. The van der Waals surface area contributed by atoms with Gasteiger partial charge in [0, 0.05) is 24.5 Å². The van der Waals surface area contributed by atoms with Crippen LogP contribution in [0.25, 0.3) is 0 Å². The van der Waals surface area contributed by atoms with Gasteiger partial charge in [-0.1, -0.05) is 37.3 Å². The van der Waals surface area contributed by atoms with Crippen molar-refractivity contribution in [2.45, 2.75) is 25.7 Å².